The number of hydrogen-bond donors (Lipinski definition) is 0. The van der Waals surface area contributed by atoms with Crippen molar-refractivity contribution in [2.45, 2.75) is 23.9 Å². The van der Waals surface area contributed by atoms with Gasteiger partial charge in [-0.1, -0.05) is 42.1 Å². The van der Waals surface area contributed by atoms with Gasteiger partial charge in [-0.15, -0.1) is 10.2 Å². The molecule has 0 aliphatic heterocycles. The number of ether oxygens (including phenoxy) is 1. The Morgan fingerprint density at radius 2 is 1.84 bits per heavy atom. The second kappa shape index (κ2) is 9.18. The Labute approximate surface area is 183 Å². The number of furan rings is 1. The number of carbonyl (C=O) groups is 1. The first kappa shape index (κ1) is 20.9. The summed E-state index contributed by atoms with van der Waals surface area (Å²) in [6, 6.07) is 19.5. The van der Waals surface area contributed by atoms with Crippen molar-refractivity contribution in [3.8, 4) is 11.4 Å². The third kappa shape index (κ3) is 4.69. The molecule has 2 aromatic carbocycles. The highest BCUT2D eigenvalue weighted by atomic mass is 32.2. The maximum absolute atomic E-state index is 13.4. The smallest absolute Gasteiger partial charge is 0.373 e. The number of thioether (sulfide) groups is 1. The van der Waals surface area contributed by atoms with E-state index < -0.39 is 5.97 Å². The third-order valence-electron chi connectivity index (χ3n) is 4.70. The van der Waals surface area contributed by atoms with Crippen LogP contribution in [-0.2, 0) is 11.3 Å². The number of halogens is 1. The molecule has 1 unspecified atom stereocenters. The summed E-state index contributed by atoms with van der Waals surface area (Å²) in [7, 11) is 1.31. The lowest BCUT2D eigenvalue weighted by Crippen LogP contribution is -2.05. The summed E-state index contributed by atoms with van der Waals surface area (Å²) in [5.74, 6) is 0.605. The molecule has 0 saturated carbocycles. The number of esters is 1. The Morgan fingerprint density at radius 3 is 2.55 bits per heavy atom. The van der Waals surface area contributed by atoms with Gasteiger partial charge < -0.3 is 9.15 Å². The maximum Gasteiger partial charge on any atom is 0.373 e. The van der Waals surface area contributed by atoms with Crippen LogP contribution in [0.1, 0.15) is 34.1 Å². The van der Waals surface area contributed by atoms with Crippen LogP contribution in [0.25, 0.3) is 11.4 Å². The molecule has 0 fully saturated rings. The van der Waals surface area contributed by atoms with Crippen LogP contribution in [0.4, 0.5) is 4.39 Å². The van der Waals surface area contributed by atoms with E-state index in [9.17, 15) is 9.18 Å². The van der Waals surface area contributed by atoms with E-state index >= 15 is 0 Å². The van der Waals surface area contributed by atoms with Gasteiger partial charge in [-0.2, -0.15) is 0 Å². The van der Waals surface area contributed by atoms with Crippen molar-refractivity contribution in [2.75, 3.05) is 7.11 Å². The second-order valence-corrected chi connectivity index (χ2v) is 8.15. The summed E-state index contributed by atoms with van der Waals surface area (Å²) in [5.41, 5.74) is 1.86. The summed E-state index contributed by atoms with van der Waals surface area (Å²) >= 11 is 1.46. The number of aromatic nitrogens is 3. The van der Waals surface area contributed by atoms with E-state index in [1.165, 1.54) is 31.0 Å². The topological polar surface area (TPSA) is 70.2 Å². The van der Waals surface area contributed by atoms with E-state index in [1.807, 2.05) is 41.8 Å². The van der Waals surface area contributed by atoms with Crippen LogP contribution in [0.15, 0.2) is 76.3 Å². The van der Waals surface area contributed by atoms with Crippen LogP contribution in [-0.4, -0.2) is 27.8 Å². The molecule has 0 saturated heterocycles. The normalized spacial score (nSPS) is 12.0. The molecule has 0 aliphatic carbocycles. The predicted molar refractivity (Wildman–Crippen MR) is 115 cm³/mol. The molecule has 0 N–H and O–H groups in total. The fourth-order valence-electron chi connectivity index (χ4n) is 3.09. The minimum Gasteiger partial charge on any atom is -0.463 e. The first-order valence-corrected chi connectivity index (χ1v) is 10.5. The van der Waals surface area contributed by atoms with E-state index in [-0.39, 0.29) is 16.8 Å². The fourth-order valence-corrected chi connectivity index (χ4v) is 4.02. The van der Waals surface area contributed by atoms with Crippen LogP contribution in [0.5, 0.6) is 0 Å². The van der Waals surface area contributed by atoms with Crippen LogP contribution in [0, 0.1) is 5.82 Å². The monoisotopic (exact) mass is 437 g/mol. The van der Waals surface area contributed by atoms with Gasteiger partial charge in [0, 0.05) is 5.56 Å². The fraction of sp³-hybridized carbons (Fsp3) is 0.174. The van der Waals surface area contributed by atoms with Crippen molar-refractivity contribution >= 4 is 17.7 Å². The molecular formula is C23H20FN3O3S. The number of benzene rings is 2. The molecule has 6 nitrogen and oxygen atoms in total. The summed E-state index contributed by atoms with van der Waals surface area (Å²) in [4.78, 5) is 11.7. The molecule has 0 radical (unpaired) electrons. The van der Waals surface area contributed by atoms with Crippen molar-refractivity contribution in [2.24, 2.45) is 0 Å². The summed E-state index contributed by atoms with van der Waals surface area (Å²) < 4.78 is 25.7. The van der Waals surface area contributed by atoms with Gasteiger partial charge in [-0.05, 0) is 48.9 Å². The number of methoxy groups -OCH3 is 1. The molecule has 4 aromatic rings. The zero-order valence-electron chi connectivity index (χ0n) is 17.0. The minimum absolute atomic E-state index is 0.127. The average molecular weight is 437 g/mol. The van der Waals surface area contributed by atoms with Gasteiger partial charge in [-0.25, -0.2) is 9.18 Å². The van der Waals surface area contributed by atoms with Crippen molar-refractivity contribution in [3.63, 3.8) is 0 Å². The Bertz CT molecular complexity index is 1170. The highest BCUT2D eigenvalue weighted by Gasteiger charge is 2.21. The lowest BCUT2D eigenvalue weighted by molar-refractivity contribution is 0.0563. The zero-order valence-corrected chi connectivity index (χ0v) is 17.8. The molecule has 31 heavy (non-hydrogen) atoms. The Morgan fingerprint density at radius 1 is 1.10 bits per heavy atom. The van der Waals surface area contributed by atoms with Crippen LogP contribution in [0.3, 0.4) is 0 Å². The van der Waals surface area contributed by atoms with Gasteiger partial charge in [0.15, 0.2) is 11.0 Å². The van der Waals surface area contributed by atoms with Crippen molar-refractivity contribution < 1.29 is 18.3 Å². The van der Waals surface area contributed by atoms with E-state index in [1.54, 1.807) is 24.3 Å². The van der Waals surface area contributed by atoms with E-state index in [0.717, 1.165) is 11.1 Å². The first-order valence-electron chi connectivity index (χ1n) is 9.63. The maximum atomic E-state index is 13.4. The van der Waals surface area contributed by atoms with Gasteiger partial charge in [0.05, 0.1) is 18.9 Å². The quantitative estimate of drug-likeness (QED) is 0.286. The molecule has 0 spiro atoms. The first-order chi connectivity index (χ1) is 15.0. The lowest BCUT2D eigenvalue weighted by atomic mass is 10.2. The van der Waals surface area contributed by atoms with E-state index in [4.69, 9.17) is 9.15 Å². The summed E-state index contributed by atoms with van der Waals surface area (Å²) in [5, 5.41) is 9.31. The number of nitrogens with zero attached hydrogens (tertiary/aromatic N) is 3. The Hall–Kier alpha value is -3.39. The van der Waals surface area contributed by atoms with Crippen LogP contribution < -0.4 is 0 Å². The highest BCUT2D eigenvalue weighted by Crippen LogP contribution is 2.36. The van der Waals surface area contributed by atoms with E-state index in [0.29, 0.717) is 23.3 Å². The molecule has 8 heteroatoms. The SMILES string of the molecule is COC(=O)c1ccc(C(C)Sc2nnc(-c3ccc(F)cc3)n2Cc2ccccc2)o1. The standard InChI is InChI=1S/C23H20FN3O3S/c1-15(19-12-13-20(30-19)22(28)29-2)31-23-26-25-21(17-8-10-18(24)11-9-17)27(23)14-16-6-4-3-5-7-16/h3-13,15H,14H2,1-2H3. The van der Waals surface area contributed by atoms with Crippen LogP contribution in [0.2, 0.25) is 0 Å². The molecular weight excluding hydrogens is 417 g/mol. The Kier molecular flexibility index (Phi) is 6.18. The third-order valence-corrected chi connectivity index (χ3v) is 5.80. The van der Waals surface area contributed by atoms with Gasteiger partial charge in [0.1, 0.15) is 11.6 Å². The summed E-state index contributed by atoms with van der Waals surface area (Å²) in [6.07, 6.45) is 0. The van der Waals surface area contributed by atoms with Crippen LogP contribution >= 0.6 is 11.8 Å². The number of hydrogen-bond acceptors (Lipinski definition) is 6. The molecule has 158 valence electrons. The molecule has 0 bridgehead atoms. The van der Waals surface area contributed by atoms with Crippen molar-refractivity contribution in [3.05, 3.63) is 89.6 Å². The minimum atomic E-state index is -0.519. The molecule has 1 atom stereocenters. The Balaban J connectivity index is 1.65. The lowest BCUT2D eigenvalue weighted by Gasteiger charge is -2.13. The van der Waals surface area contributed by atoms with Crippen molar-refractivity contribution in [1.29, 1.82) is 0 Å². The molecule has 4 rings (SSSR count). The van der Waals surface area contributed by atoms with Gasteiger partial charge in [0.2, 0.25) is 5.76 Å². The summed E-state index contributed by atoms with van der Waals surface area (Å²) in [6.45, 7) is 2.52. The molecule has 0 aliphatic rings. The zero-order chi connectivity index (χ0) is 21.8. The number of rotatable bonds is 7. The number of carbonyl (C=O) groups excluding carboxylic acids is 1. The second-order valence-electron chi connectivity index (χ2n) is 6.84. The van der Waals surface area contributed by atoms with Gasteiger partial charge in [-0.3, -0.25) is 4.57 Å². The van der Waals surface area contributed by atoms with Gasteiger partial charge in [0.25, 0.3) is 0 Å². The van der Waals surface area contributed by atoms with Gasteiger partial charge >= 0.3 is 5.97 Å². The highest BCUT2D eigenvalue weighted by molar-refractivity contribution is 7.99. The largest absolute Gasteiger partial charge is 0.463 e. The molecule has 2 aromatic heterocycles. The average Bonchev–Trinajstić information content (AvgIpc) is 3.43. The molecule has 2 heterocycles. The predicted octanol–water partition coefficient (Wildman–Crippen LogP) is 5.37. The molecule has 0 amide bonds. The van der Waals surface area contributed by atoms with Crippen molar-refractivity contribution in [1.82, 2.24) is 14.8 Å². The van der Waals surface area contributed by atoms with E-state index in [2.05, 4.69) is 10.2 Å².